The molecule has 24 heavy (non-hydrogen) atoms. The third-order valence-electron chi connectivity index (χ3n) is 3.98. The van der Waals surface area contributed by atoms with Crippen molar-refractivity contribution in [2.45, 2.75) is 6.42 Å². The van der Waals surface area contributed by atoms with Gasteiger partial charge in [-0.25, -0.2) is 0 Å². The number of hydrogen-bond donors (Lipinski definition) is 0. The maximum absolute atomic E-state index is 12.5. The highest BCUT2D eigenvalue weighted by Crippen LogP contribution is 2.28. The number of carbonyl (C=O) groups excluding carboxylic acids is 1. The van der Waals surface area contributed by atoms with E-state index in [1.54, 1.807) is 4.90 Å². The van der Waals surface area contributed by atoms with Crippen molar-refractivity contribution in [3.8, 4) is 0 Å². The van der Waals surface area contributed by atoms with E-state index in [2.05, 4.69) is 6.08 Å². The lowest BCUT2D eigenvalue weighted by Gasteiger charge is -2.27. The van der Waals surface area contributed by atoms with Crippen LogP contribution in [-0.4, -0.2) is 24.4 Å². The molecule has 0 aromatic heterocycles. The van der Waals surface area contributed by atoms with E-state index < -0.39 is 0 Å². The van der Waals surface area contributed by atoms with Gasteiger partial charge in [0.2, 0.25) is 5.91 Å². The lowest BCUT2D eigenvalue weighted by Crippen LogP contribution is -2.34. The van der Waals surface area contributed by atoms with Crippen LogP contribution in [-0.2, 0) is 4.79 Å². The molecule has 0 unspecified atom stereocenters. The molecule has 1 amide bonds. The van der Waals surface area contributed by atoms with Crippen LogP contribution in [0.3, 0.4) is 0 Å². The summed E-state index contributed by atoms with van der Waals surface area (Å²) in [7, 11) is 1.81. The highest BCUT2D eigenvalue weighted by Gasteiger charge is 2.23. The molecule has 1 fully saturated rings. The molecular weight excluding hydrogens is 341 g/mol. The number of carbonyl (C=O) groups is 1. The molecule has 1 saturated heterocycles. The van der Waals surface area contributed by atoms with Gasteiger partial charge in [-0.3, -0.25) is 4.79 Å². The van der Waals surface area contributed by atoms with Crippen molar-refractivity contribution < 1.29 is 4.79 Å². The molecule has 0 saturated carbocycles. The molecule has 1 aliphatic rings. The van der Waals surface area contributed by atoms with Crippen molar-refractivity contribution in [3.63, 3.8) is 0 Å². The molecule has 0 aliphatic carbocycles. The minimum absolute atomic E-state index is 0.0335. The molecule has 0 spiro atoms. The molecule has 122 valence electrons. The molecule has 0 atom stereocenters. The molecule has 0 N–H and O–H groups in total. The lowest BCUT2D eigenvalue weighted by atomic mass is 9.95. The van der Waals surface area contributed by atoms with Crippen molar-refractivity contribution in [3.05, 3.63) is 80.8 Å². The summed E-state index contributed by atoms with van der Waals surface area (Å²) in [5.41, 5.74) is 3.70. The maximum atomic E-state index is 12.5. The molecule has 2 aromatic rings. The summed E-state index contributed by atoms with van der Waals surface area (Å²) >= 11 is 12.5. The van der Waals surface area contributed by atoms with Gasteiger partial charge in [0.15, 0.2) is 0 Å². The monoisotopic (exact) mass is 357 g/mol. The van der Waals surface area contributed by atoms with Crippen LogP contribution in [0.5, 0.6) is 0 Å². The molecule has 2 nitrogen and oxygen atoms in total. The molecule has 2 aromatic carbocycles. The normalized spacial score (nSPS) is 18.5. The van der Waals surface area contributed by atoms with Gasteiger partial charge in [0, 0.05) is 35.6 Å². The summed E-state index contributed by atoms with van der Waals surface area (Å²) < 4.78 is 0. The Bertz CT molecular complexity index is 839. The van der Waals surface area contributed by atoms with E-state index in [1.165, 1.54) is 0 Å². The first-order valence-electron chi connectivity index (χ1n) is 7.69. The van der Waals surface area contributed by atoms with Crippen LogP contribution in [0.2, 0.25) is 10.0 Å². The number of amides is 1. The first-order chi connectivity index (χ1) is 11.5. The fraction of sp³-hybridized carbons (Fsp3) is 0.150. The average Bonchev–Trinajstić information content (AvgIpc) is 2.56. The number of likely N-dealkylation sites (N-methyl/N-ethyl adjacent to an activating group) is 1. The highest BCUT2D eigenvalue weighted by molar-refractivity contribution is 6.32. The second-order valence-corrected chi connectivity index (χ2v) is 6.67. The Morgan fingerprint density at radius 3 is 2.04 bits per heavy atom. The van der Waals surface area contributed by atoms with Gasteiger partial charge in [0.05, 0.1) is 0 Å². The minimum atomic E-state index is 0.0335. The Morgan fingerprint density at radius 1 is 0.917 bits per heavy atom. The van der Waals surface area contributed by atoms with Gasteiger partial charge in [-0.05, 0) is 34.9 Å². The Labute approximate surface area is 152 Å². The standard InChI is InChI=1S/C20H17Cl2NO/c1-23-13-14(10-15-6-2-4-8-18(15)21)11-17(20(23)24)12-16-7-3-5-9-19(16)22/h2-10,12H,11,13H2,1H3/b14-10+,17-12-. The number of piperidine rings is 1. The number of likely N-dealkylation sites (tertiary alicyclic amines) is 1. The Morgan fingerprint density at radius 2 is 1.46 bits per heavy atom. The van der Waals surface area contributed by atoms with E-state index in [1.807, 2.05) is 61.7 Å². The zero-order chi connectivity index (χ0) is 17.1. The topological polar surface area (TPSA) is 20.3 Å². The Balaban J connectivity index is 1.95. The van der Waals surface area contributed by atoms with E-state index in [9.17, 15) is 4.79 Å². The van der Waals surface area contributed by atoms with Gasteiger partial charge < -0.3 is 4.90 Å². The summed E-state index contributed by atoms with van der Waals surface area (Å²) in [5.74, 6) is 0.0335. The largest absolute Gasteiger partial charge is 0.338 e. The molecule has 1 heterocycles. The van der Waals surface area contributed by atoms with Crippen LogP contribution in [0.1, 0.15) is 17.5 Å². The summed E-state index contributed by atoms with van der Waals surface area (Å²) in [5, 5.41) is 1.35. The van der Waals surface area contributed by atoms with Gasteiger partial charge in [0.1, 0.15) is 0 Å². The van der Waals surface area contributed by atoms with Crippen LogP contribution in [0, 0.1) is 0 Å². The number of hydrogen-bond acceptors (Lipinski definition) is 1. The van der Waals surface area contributed by atoms with Crippen LogP contribution in [0.15, 0.2) is 59.7 Å². The zero-order valence-corrected chi connectivity index (χ0v) is 14.8. The molecule has 1 aliphatic heterocycles. The second-order valence-electron chi connectivity index (χ2n) is 5.85. The fourth-order valence-electron chi connectivity index (χ4n) is 2.80. The van der Waals surface area contributed by atoms with Crippen LogP contribution >= 0.6 is 23.2 Å². The first kappa shape index (κ1) is 16.8. The summed E-state index contributed by atoms with van der Waals surface area (Å²) in [4.78, 5) is 14.2. The third-order valence-corrected chi connectivity index (χ3v) is 4.67. The van der Waals surface area contributed by atoms with Crippen LogP contribution < -0.4 is 0 Å². The molecule has 0 radical (unpaired) electrons. The second kappa shape index (κ2) is 7.25. The minimum Gasteiger partial charge on any atom is -0.338 e. The van der Waals surface area contributed by atoms with E-state index >= 15 is 0 Å². The van der Waals surface area contributed by atoms with Gasteiger partial charge >= 0.3 is 0 Å². The number of rotatable bonds is 2. The molecule has 0 bridgehead atoms. The summed E-state index contributed by atoms with van der Waals surface area (Å²) in [6.07, 6.45) is 4.53. The van der Waals surface area contributed by atoms with Crippen molar-refractivity contribution in [1.82, 2.24) is 4.90 Å². The Hall–Kier alpha value is -2.03. The average molecular weight is 358 g/mol. The lowest BCUT2D eigenvalue weighted by molar-refractivity contribution is -0.126. The van der Waals surface area contributed by atoms with Crippen molar-refractivity contribution in [2.24, 2.45) is 0 Å². The third kappa shape index (κ3) is 3.72. The Kier molecular flexibility index (Phi) is 5.08. The van der Waals surface area contributed by atoms with Gasteiger partial charge in [-0.15, -0.1) is 0 Å². The van der Waals surface area contributed by atoms with E-state index in [-0.39, 0.29) is 5.91 Å². The summed E-state index contributed by atoms with van der Waals surface area (Å²) in [6.45, 7) is 0.601. The SMILES string of the molecule is CN1C/C(=C/c2ccccc2Cl)C/C(=C/c2ccccc2Cl)C1=O. The number of halogens is 2. The van der Waals surface area contributed by atoms with E-state index in [0.717, 1.165) is 22.3 Å². The highest BCUT2D eigenvalue weighted by atomic mass is 35.5. The maximum Gasteiger partial charge on any atom is 0.250 e. The van der Waals surface area contributed by atoms with Crippen molar-refractivity contribution in [2.75, 3.05) is 13.6 Å². The quantitative estimate of drug-likeness (QED) is 0.665. The van der Waals surface area contributed by atoms with E-state index in [0.29, 0.717) is 23.0 Å². The van der Waals surface area contributed by atoms with Crippen LogP contribution in [0.4, 0.5) is 0 Å². The van der Waals surface area contributed by atoms with Gasteiger partial charge in [-0.1, -0.05) is 65.7 Å². The smallest absolute Gasteiger partial charge is 0.250 e. The zero-order valence-electron chi connectivity index (χ0n) is 13.3. The van der Waals surface area contributed by atoms with Gasteiger partial charge in [0.25, 0.3) is 0 Å². The first-order valence-corrected chi connectivity index (χ1v) is 8.45. The van der Waals surface area contributed by atoms with Crippen molar-refractivity contribution in [1.29, 1.82) is 0 Å². The molecule has 3 rings (SSSR count). The van der Waals surface area contributed by atoms with Crippen molar-refractivity contribution >= 4 is 41.3 Å². The number of benzene rings is 2. The molecule has 4 heteroatoms. The van der Waals surface area contributed by atoms with Gasteiger partial charge in [-0.2, -0.15) is 0 Å². The molecular formula is C20H17Cl2NO. The summed E-state index contributed by atoms with van der Waals surface area (Å²) in [6, 6.07) is 15.2. The predicted molar refractivity (Wildman–Crippen MR) is 101 cm³/mol. The fourth-order valence-corrected chi connectivity index (χ4v) is 3.18. The van der Waals surface area contributed by atoms with Crippen LogP contribution in [0.25, 0.3) is 12.2 Å². The predicted octanol–water partition coefficient (Wildman–Crippen LogP) is 5.32. The number of nitrogens with zero attached hydrogens (tertiary/aromatic N) is 1. The van der Waals surface area contributed by atoms with E-state index in [4.69, 9.17) is 23.2 Å².